The Hall–Kier alpha value is -1.85. The minimum atomic E-state index is -0.761. The van der Waals surface area contributed by atoms with E-state index in [1.807, 2.05) is 0 Å². The van der Waals surface area contributed by atoms with Crippen molar-refractivity contribution < 1.29 is 28.6 Å². The van der Waals surface area contributed by atoms with Gasteiger partial charge < -0.3 is 14.2 Å². The first-order valence-electron chi connectivity index (χ1n) is 19.2. The molecule has 0 saturated carbocycles. The zero-order chi connectivity index (χ0) is 33.1. The van der Waals surface area contributed by atoms with Crippen molar-refractivity contribution in [2.24, 2.45) is 0 Å². The quantitative estimate of drug-likeness (QED) is 0.0303. The summed E-state index contributed by atoms with van der Waals surface area (Å²) in [6, 6.07) is 0. The first kappa shape index (κ1) is 43.1. The zero-order valence-corrected chi connectivity index (χ0v) is 29.9. The van der Waals surface area contributed by atoms with Gasteiger partial charge in [0.2, 0.25) is 0 Å². The molecule has 45 heavy (non-hydrogen) atoms. The second-order valence-electron chi connectivity index (χ2n) is 12.8. The molecule has 0 aromatic carbocycles. The van der Waals surface area contributed by atoms with Gasteiger partial charge in [-0.2, -0.15) is 0 Å². The van der Waals surface area contributed by atoms with Gasteiger partial charge in [-0.3, -0.25) is 14.4 Å². The van der Waals surface area contributed by atoms with E-state index in [4.69, 9.17) is 14.2 Å². The Morgan fingerprint density at radius 3 is 1.11 bits per heavy atom. The SMILES string of the molecule is CCCCCCCC/C=C\CCCCCCCC(=O)OC(COC(=O)CCCCCCCC)COC(=O)CCCCCCCC. The van der Waals surface area contributed by atoms with Gasteiger partial charge in [0.1, 0.15) is 13.2 Å². The Bertz CT molecular complexity index is 672. The van der Waals surface area contributed by atoms with Crippen LogP contribution in [0, 0.1) is 0 Å². The van der Waals surface area contributed by atoms with Crippen LogP contribution in [0.25, 0.3) is 0 Å². The maximum atomic E-state index is 12.6. The molecule has 0 fully saturated rings. The number of ether oxygens (including phenoxy) is 3. The first-order valence-corrected chi connectivity index (χ1v) is 19.2. The Labute approximate surface area is 278 Å². The molecule has 6 heteroatoms. The first-order chi connectivity index (χ1) is 22.0. The molecule has 264 valence electrons. The minimum Gasteiger partial charge on any atom is -0.462 e. The Kier molecular flexibility index (Phi) is 33.6. The summed E-state index contributed by atoms with van der Waals surface area (Å²) >= 11 is 0. The average Bonchev–Trinajstić information content (AvgIpc) is 3.03. The highest BCUT2D eigenvalue weighted by Crippen LogP contribution is 2.13. The van der Waals surface area contributed by atoms with Crippen LogP contribution < -0.4 is 0 Å². The molecule has 0 aliphatic carbocycles. The van der Waals surface area contributed by atoms with E-state index in [0.29, 0.717) is 19.3 Å². The highest BCUT2D eigenvalue weighted by atomic mass is 16.6. The molecule has 0 aromatic rings. The summed E-state index contributed by atoms with van der Waals surface area (Å²) in [5.41, 5.74) is 0. The molecule has 0 atom stereocenters. The van der Waals surface area contributed by atoms with Crippen molar-refractivity contribution in [2.75, 3.05) is 13.2 Å². The van der Waals surface area contributed by atoms with Gasteiger partial charge >= 0.3 is 17.9 Å². The number of hydrogen-bond donors (Lipinski definition) is 0. The van der Waals surface area contributed by atoms with Crippen LogP contribution in [-0.2, 0) is 28.6 Å². The van der Waals surface area contributed by atoms with E-state index in [0.717, 1.165) is 64.2 Å². The van der Waals surface area contributed by atoms with E-state index in [1.165, 1.54) is 96.3 Å². The van der Waals surface area contributed by atoms with Crippen molar-refractivity contribution in [1.82, 2.24) is 0 Å². The van der Waals surface area contributed by atoms with E-state index in [2.05, 4.69) is 32.9 Å². The van der Waals surface area contributed by atoms with E-state index in [1.54, 1.807) is 0 Å². The number of rotatable bonds is 34. The molecule has 0 rings (SSSR count). The molecule has 0 aromatic heterocycles. The summed E-state index contributed by atoms with van der Waals surface area (Å²) in [5, 5.41) is 0. The number of allylic oxidation sites excluding steroid dienone is 2. The monoisotopic (exact) mass is 637 g/mol. The van der Waals surface area contributed by atoms with Crippen molar-refractivity contribution in [2.45, 2.75) is 207 Å². The molecule has 0 radical (unpaired) electrons. The van der Waals surface area contributed by atoms with Crippen LogP contribution in [0.1, 0.15) is 201 Å². The van der Waals surface area contributed by atoms with Crippen LogP contribution in [0.4, 0.5) is 0 Å². The zero-order valence-electron chi connectivity index (χ0n) is 29.9. The second kappa shape index (κ2) is 35.0. The third kappa shape index (κ3) is 33.3. The van der Waals surface area contributed by atoms with Gasteiger partial charge in [0.15, 0.2) is 6.10 Å². The molecule has 6 nitrogen and oxygen atoms in total. The molecule has 0 unspecified atom stereocenters. The van der Waals surface area contributed by atoms with Gasteiger partial charge in [-0.05, 0) is 44.9 Å². The Morgan fingerprint density at radius 2 is 0.733 bits per heavy atom. The fraction of sp³-hybridized carbons (Fsp3) is 0.872. The van der Waals surface area contributed by atoms with Gasteiger partial charge in [-0.25, -0.2) is 0 Å². The molecular formula is C39H72O6. The second-order valence-corrected chi connectivity index (χ2v) is 12.8. The summed E-state index contributed by atoms with van der Waals surface area (Å²) in [5.74, 6) is -0.902. The molecule has 0 N–H and O–H groups in total. The summed E-state index contributed by atoms with van der Waals surface area (Å²) in [6.45, 7) is 6.48. The van der Waals surface area contributed by atoms with Gasteiger partial charge in [-0.15, -0.1) is 0 Å². The highest BCUT2D eigenvalue weighted by molar-refractivity contribution is 5.71. The summed E-state index contributed by atoms with van der Waals surface area (Å²) in [4.78, 5) is 37.1. The lowest BCUT2D eigenvalue weighted by atomic mass is 10.1. The topological polar surface area (TPSA) is 78.9 Å². The number of carbonyl (C=O) groups excluding carboxylic acids is 3. The van der Waals surface area contributed by atoms with E-state index >= 15 is 0 Å². The number of esters is 3. The van der Waals surface area contributed by atoms with Crippen LogP contribution in [0.5, 0.6) is 0 Å². The summed E-state index contributed by atoms with van der Waals surface area (Å²) in [7, 11) is 0. The molecule has 0 heterocycles. The molecule has 0 amide bonds. The lowest BCUT2D eigenvalue weighted by molar-refractivity contribution is -0.167. The number of carbonyl (C=O) groups is 3. The Balaban J connectivity index is 4.25. The predicted octanol–water partition coefficient (Wildman–Crippen LogP) is 11.5. The summed E-state index contributed by atoms with van der Waals surface area (Å²) in [6.07, 6.45) is 33.7. The molecule has 0 spiro atoms. The average molecular weight is 637 g/mol. The Morgan fingerprint density at radius 1 is 0.422 bits per heavy atom. The van der Waals surface area contributed by atoms with Crippen molar-refractivity contribution in [3.8, 4) is 0 Å². The van der Waals surface area contributed by atoms with Crippen LogP contribution >= 0.6 is 0 Å². The molecular weight excluding hydrogens is 564 g/mol. The standard InChI is InChI=1S/C39H72O6/c1-4-7-10-13-16-17-18-19-20-21-22-23-24-27-30-33-39(42)45-36(34-43-37(40)31-28-25-14-11-8-5-2)35-44-38(41)32-29-26-15-12-9-6-3/h19-20,36H,4-18,21-35H2,1-3H3/b20-19-. The van der Waals surface area contributed by atoms with Crippen molar-refractivity contribution in [3.63, 3.8) is 0 Å². The minimum absolute atomic E-state index is 0.0723. The predicted molar refractivity (Wildman–Crippen MR) is 187 cm³/mol. The molecule has 0 aliphatic rings. The lowest BCUT2D eigenvalue weighted by Crippen LogP contribution is -2.30. The maximum Gasteiger partial charge on any atom is 0.306 e. The van der Waals surface area contributed by atoms with E-state index in [9.17, 15) is 14.4 Å². The third-order valence-electron chi connectivity index (χ3n) is 8.27. The molecule has 0 bridgehead atoms. The fourth-order valence-electron chi connectivity index (χ4n) is 5.32. The van der Waals surface area contributed by atoms with Crippen molar-refractivity contribution >= 4 is 17.9 Å². The fourth-order valence-corrected chi connectivity index (χ4v) is 5.32. The molecule has 0 aliphatic heterocycles. The lowest BCUT2D eigenvalue weighted by Gasteiger charge is -2.18. The van der Waals surface area contributed by atoms with E-state index < -0.39 is 6.10 Å². The summed E-state index contributed by atoms with van der Waals surface area (Å²) < 4.78 is 16.4. The van der Waals surface area contributed by atoms with Crippen molar-refractivity contribution in [3.05, 3.63) is 12.2 Å². The van der Waals surface area contributed by atoms with Crippen molar-refractivity contribution in [1.29, 1.82) is 0 Å². The van der Waals surface area contributed by atoms with Gasteiger partial charge in [0.25, 0.3) is 0 Å². The van der Waals surface area contributed by atoms with Gasteiger partial charge in [0.05, 0.1) is 0 Å². The van der Waals surface area contributed by atoms with E-state index in [-0.39, 0.29) is 31.1 Å². The van der Waals surface area contributed by atoms with Crippen LogP contribution in [0.2, 0.25) is 0 Å². The van der Waals surface area contributed by atoms with Crippen LogP contribution in [0.3, 0.4) is 0 Å². The smallest absolute Gasteiger partial charge is 0.306 e. The number of unbranched alkanes of at least 4 members (excludes halogenated alkanes) is 21. The largest absolute Gasteiger partial charge is 0.462 e. The maximum absolute atomic E-state index is 12.6. The normalized spacial score (nSPS) is 11.4. The third-order valence-corrected chi connectivity index (χ3v) is 8.27. The van der Waals surface area contributed by atoms with Gasteiger partial charge in [-0.1, -0.05) is 148 Å². The van der Waals surface area contributed by atoms with Crippen LogP contribution in [0.15, 0.2) is 12.2 Å². The highest BCUT2D eigenvalue weighted by Gasteiger charge is 2.19. The van der Waals surface area contributed by atoms with Gasteiger partial charge in [0, 0.05) is 19.3 Å². The molecule has 0 saturated heterocycles. The number of hydrogen-bond acceptors (Lipinski definition) is 6. The van der Waals surface area contributed by atoms with Crippen LogP contribution in [-0.4, -0.2) is 37.2 Å².